The van der Waals surface area contributed by atoms with Gasteiger partial charge in [0.2, 0.25) is 5.88 Å². The fourth-order valence-electron chi connectivity index (χ4n) is 3.88. The molecule has 0 bridgehead atoms. The minimum atomic E-state index is -3.91. The highest BCUT2D eigenvalue weighted by Crippen LogP contribution is 2.37. The fourth-order valence-corrected chi connectivity index (χ4v) is 6.17. The van der Waals surface area contributed by atoms with Crippen LogP contribution >= 0.6 is 11.3 Å². The number of nitrogens with zero attached hydrogens (tertiary/aromatic N) is 4. The largest absolute Gasteiger partial charge is 0.481 e. The molecule has 3 aromatic heterocycles. The minimum Gasteiger partial charge on any atom is -0.481 e. The Hall–Kier alpha value is -4.11. The summed E-state index contributed by atoms with van der Waals surface area (Å²) in [6, 6.07) is 11.2. The molecule has 0 saturated carbocycles. The number of hydroxylamine groups is 1. The molecule has 1 saturated heterocycles. The van der Waals surface area contributed by atoms with E-state index in [1.165, 1.54) is 35.0 Å². The highest BCUT2D eigenvalue weighted by molar-refractivity contribution is 7.93. The van der Waals surface area contributed by atoms with Crippen molar-refractivity contribution in [3.8, 4) is 17.3 Å². The summed E-state index contributed by atoms with van der Waals surface area (Å²) < 4.78 is 40.3. The lowest BCUT2D eigenvalue weighted by Gasteiger charge is -2.28. The minimum absolute atomic E-state index is 0.0493. The van der Waals surface area contributed by atoms with Crippen molar-refractivity contribution in [2.45, 2.75) is 4.90 Å². The average molecular weight is 569 g/mol. The topological polar surface area (TPSA) is 156 Å². The summed E-state index contributed by atoms with van der Waals surface area (Å²) >= 11 is 1.25. The van der Waals surface area contributed by atoms with Crippen LogP contribution in [0.15, 0.2) is 59.6 Å². The predicted molar refractivity (Wildman–Crippen MR) is 146 cm³/mol. The zero-order valence-corrected chi connectivity index (χ0v) is 22.3. The number of benzene rings is 1. The molecule has 4 heterocycles. The van der Waals surface area contributed by atoms with Gasteiger partial charge in [0.1, 0.15) is 5.00 Å². The molecule has 0 aliphatic carbocycles. The van der Waals surface area contributed by atoms with E-state index in [4.69, 9.17) is 24.6 Å². The number of amides is 1. The molecule has 14 heteroatoms. The van der Waals surface area contributed by atoms with Crippen molar-refractivity contribution >= 4 is 54.4 Å². The fraction of sp³-hybridized carbons (Fsp3) is 0.200. The number of methoxy groups -OCH3 is 1. The number of ether oxygens (including phenoxy) is 2. The maximum absolute atomic E-state index is 13.1. The molecular formula is C25H24N6O6S2. The summed E-state index contributed by atoms with van der Waals surface area (Å²) in [5, 5.41) is 8.97. The molecule has 5 rings (SSSR count). The monoisotopic (exact) mass is 568 g/mol. The van der Waals surface area contributed by atoms with E-state index in [1.807, 2.05) is 6.07 Å². The van der Waals surface area contributed by atoms with E-state index in [0.29, 0.717) is 65.5 Å². The van der Waals surface area contributed by atoms with Crippen molar-refractivity contribution in [2.75, 3.05) is 43.0 Å². The van der Waals surface area contributed by atoms with E-state index >= 15 is 0 Å². The number of thiophene rings is 1. The third-order valence-electron chi connectivity index (χ3n) is 5.83. The molecule has 1 aromatic carbocycles. The number of anilines is 2. The molecule has 1 aliphatic heterocycles. The van der Waals surface area contributed by atoms with E-state index in [9.17, 15) is 13.2 Å². The van der Waals surface area contributed by atoms with Crippen LogP contribution in [-0.4, -0.2) is 67.9 Å². The summed E-state index contributed by atoms with van der Waals surface area (Å²) in [7, 11) is -2.37. The van der Waals surface area contributed by atoms with E-state index in [0.717, 1.165) is 10.8 Å². The SMILES string of the molecule is COc1ccc(-c2nc(N3CCOCC3)c3sc(NS(=O)(=O)c4ccc(/C=C/C(=O)NO)cc4)cc3n2)cn1. The first-order valence-corrected chi connectivity index (χ1v) is 14.1. The number of carbonyl (C=O) groups is 1. The van der Waals surface area contributed by atoms with Crippen LogP contribution in [0.5, 0.6) is 5.88 Å². The molecule has 202 valence electrons. The number of hydrogen-bond acceptors (Lipinski definition) is 11. The molecule has 0 atom stereocenters. The summed E-state index contributed by atoms with van der Waals surface area (Å²) in [5.41, 5.74) is 3.38. The number of morpholine rings is 1. The number of aromatic nitrogens is 3. The van der Waals surface area contributed by atoms with Crippen LogP contribution in [-0.2, 0) is 19.6 Å². The Kier molecular flexibility index (Phi) is 7.70. The Morgan fingerprint density at radius 2 is 1.92 bits per heavy atom. The summed E-state index contributed by atoms with van der Waals surface area (Å²) in [6.07, 6.45) is 4.21. The Bertz CT molecular complexity index is 1620. The molecule has 0 radical (unpaired) electrons. The van der Waals surface area contributed by atoms with Gasteiger partial charge >= 0.3 is 0 Å². The number of sulfonamides is 1. The highest BCUT2D eigenvalue weighted by atomic mass is 32.2. The average Bonchev–Trinajstić information content (AvgIpc) is 3.37. The molecule has 1 aliphatic rings. The first-order valence-electron chi connectivity index (χ1n) is 11.8. The van der Waals surface area contributed by atoms with Crippen molar-refractivity contribution < 1.29 is 27.9 Å². The van der Waals surface area contributed by atoms with Crippen LogP contribution in [0.25, 0.3) is 27.7 Å². The second kappa shape index (κ2) is 11.3. The normalized spacial score (nSPS) is 14.1. The maximum atomic E-state index is 13.1. The highest BCUT2D eigenvalue weighted by Gasteiger charge is 2.22. The molecule has 4 aromatic rings. The first-order chi connectivity index (χ1) is 18.9. The van der Waals surface area contributed by atoms with E-state index in [1.54, 1.807) is 37.6 Å². The molecule has 1 amide bonds. The van der Waals surface area contributed by atoms with Gasteiger partial charge in [0.05, 0.1) is 35.4 Å². The van der Waals surface area contributed by atoms with Gasteiger partial charge in [0.15, 0.2) is 11.6 Å². The number of carbonyl (C=O) groups excluding carboxylic acids is 1. The standard InChI is InChI=1S/C25H24N6O6S2/c1-36-21-9-5-17(15-26-21)24-27-19-14-22(38-23(19)25(28-24)31-10-12-37-13-11-31)30-39(34,35)18-6-2-16(3-7-18)4-8-20(32)29-33/h2-9,14-15,30,33H,10-13H2,1H3,(H,29,32)/b8-4+. The van der Waals surface area contributed by atoms with Crippen LogP contribution in [0, 0.1) is 0 Å². The van der Waals surface area contributed by atoms with Crippen LogP contribution in [0.4, 0.5) is 10.8 Å². The van der Waals surface area contributed by atoms with Gasteiger partial charge in [-0.05, 0) is 35.9 Å². The van der Waals surface area contributed by atoms with Crippen LogP contribution in [0.1, 0.15) is 5.56 Å². The second-order valence-corrected chi connectivity index (χ2v) is 11.1. The van der Waals surface area contributed by atoms with E-state index < -0.39 is 15.9 Å². The molecule has 12 nitrogen and oxygen atoms in total. The summed E-state index contributed by atoms with van der Waals surface area (Å²) in [6.45, 7) is 2.41. The van der Waals surface area contributed by atoms with Gasteiger partial charge in [0.25, 0.3) is 15.9 Å². The molecule has 3 N–H and O–H groups in total. The van der Waals surface area contributed by atoms with Crippen molar-refractivity contribution in [1.82, 2.24) is 20.4 Å². The van der Waals surface area contributed by atoms with Gasteiger partial charge in [-0.3, -0.25) is 14.7 Å². The van der Waals surface area contributed by atoms with Crippen molar-refractivity contribution in [3.05, 3.63) is 60.3 Å². The molecule has 0 spiro atoms. The van der Waals surface area contributed by atoms with Crippen molar-refractivity contribution in [3.63, 3.8) is 0 Å². The van der Waals surface area contributed by atoms with Gasteiger partial charge in [-0.1, -0.05) is 12.1 Å². The maximum Gasteiger partial charge on any atom is 0.267 e. The molecular weight excluding hydrogens is 544 g/mol. The molecule has 0 unspecified atom stereocenters. The van der Waals surface area contributed by atoms with E-state index in [-0.39, 0.29) is 4.90 Å². The third kappa shape index (κ3) is 5.98. The molecule has 39 heavy (non-hydrogen) atoms. The van der Waals surface area contributed by atoms with Crippen molar-refractivity contribution in [2.24, 2.45) is 0 Å². The lowest BCUT2D eigenvalue weighted by molar-refractivity contribution is -0.124. The van der Waals surface area contributed by atoms with Gasteiger partial charge in [-0.2, -0.15) is 0 Å². The van der Waals surface area contributed by atoms with Gasteiger partial charge in [-0.15, -0.1) is 11.3 Å². The van der Waals surface area contributed by atoms with Crippen LogP contribution in [0.2, 0.25) is 0 Å². The Labute approximate surface area is 228 Å². The Morgan fingerprint density at radius 3 is 2.59 bits per heavy atom. The number of nitrogens with one attached hydrogen (secondary N) is 2. The van der Waals surface area contributed by atoms with Crippen LogP contribution in [0.3, 0.4) is 0 Å². The number of hydrogen-bond donors (Lipinski definition) is 3. The quantitative estimate of drug-likeness (QED) is 0.164. The lowest BCUT2D eigenvalue weighted by Crippen LogP contribution is -2.36. The Balaban J connectivity index is 1.47. The second-order valence-electron chi connectivity index (χ2n) is 8.37. The number of rotatable bonds is 8. The number of fused-ring (bicyclic) bond motifs is 1. The Morgan fingerprint density at radius 1 is 1.15 bits per heavy atom. The van der Waals surface area contributed by atoms with Gasteiger partial charge < -0.3 is 14.4 Å². The van der Waals surface area contributed by atoms with Crippen molar-refractivity contribution in [1.29, 1.82) is 0 Å². The molecule has 1 fully saturated rings. The smallest absolute Gasteiger partial charge is 0.267 e. The van der Waals surface area contributed by atoms with E-state index in [2.05, 4.69) is 14.6 Å². The first kappa shape index (κ1) is 26.5. The predicted octanol–water partition coefficient (Wildman–Crippen LogP) is 2.92. The summed E-state index contributed by atoms with van der Waals surface area (Å²) in [5.74, 6) is 0.946. The van der Waals surface area contributed by atoms with Crippen LogP contribution < -0.4 is 19.8 Å². The lowest BCUT2D eigenvalue weighted by atomic mass is 10.2. The zero-order chi connectivity index (χ0) is 27.4. The number of pyridine rings is 1. The summed E-state index contributed by atoms with van der Waals surface area (Å²) in [4.78, 5) is 27.1. The zero-order valence-electron chi connectivity index (χ0n) is 20.7. The third-order valence-corrected chi connectivity index (χ3v) is 8.38. The van der Waals surface area contributed by atoms with Gasteiger partial charge in [-0.25, -0.2) is 28.8 Å². The van der Waals surface area contributed by atoms with Gasteiger partial charge in [0, 0.05) is 37.0 Å².